The van der Waals surface area contributed by atoms with E-state index in [1.807, 2.05) is 31.2 Å². The highest BCUT2D eigenvalue weighted by Gasteiger charge is 2.13. The fourth-order valence-corrected chi connectivity index (χ4v) is 1.61. The largest absolute Gasteiger partial charge is 0.494 e. The van der Waals surface area contributed by atoms with Crippen molar-refractivity contribution in [1.82, 2.24) is 5.32 Å². The maximum atomic E-state index is 11.5. The van der Waals surface area contributed by atoms with Crippen molar-refractivity contribution >= 4 is 11.9 Å². The lowest BCUT2D eigenvalue weighted by molar-refractivity contribution is -0.141. The molecule has 110 valence electrons. The molecule has 5 heteroatoms. The van der Waals surface area contributed by atoms with Gasteiger partial charge in [-0.3, -0.25) is 9.59 Å². The average molecular weight is 279 g/mol. The van der Waals surface area contributed by atoms with E-state index >= 15 is 0 Å². The zero-order valence-corrected chi connectivity index (χ0v) is 11.9. The van der Waals surface area contributed by atoms with Crippen molar-refractivity contribution in [1.29, 1.82) is 0 Å². The number of hydrogen-bond acceptors (Lipinski definition) is 3. The van der Waals surface area contributed by atoms with Gasteiger partial charge in [0.05, 0.1) is 6.61 Å². The Balaban J connectivity index is 2.38. The minimum Gasteiger partial charge on any atom is -0.494 e. The van der Waals surface area contributed by atoms with Crippen molar-refractivity contribution < 1.29 is 19.4 Å². The second kappa shape index (κ2) is 8.19. The van der Waals surface area contributed by atoms with Crippen LogP contribution >= 0.6 is 0 Å². The molecule has 0 aliphatic heterocycles. The van der Waals surface area contributed by atoms with Crippen LogP contribution < -0.4 is 10.1 Å². The van der Waals surface area contributed by atoms with E-state index in [0.717, 1.165) is 17.7 Å². The first-order chi connectivity index (χ1) is 9.52. The Kier molecular flexibility index (Phi) is 6.56. The van der Waals surface area contributed by atoms with Crippen molar-refractivity contribution in [3.63, 3.8) is 0 Å². The molecule has 1 atom stereocenters. The molecule has 1 aromatic rings. The molecule has 5 nitrogen and oxygen atoms in total. The maximum Gasteiger partial charge on any atom is 0.325 e. The number of carboxylic acid groups (broad SMARTS) is 1. The number of aliphatic carboxylic acids is 1. The summed E-state index contributed by atoms with van der Waals surface area (Å²) in [6, 6.07) is 6.73. The molecule has 1 aromatic carbocycles. The van der Waals surface area contributed by atoms with Crippen molar-refractivity contribution in [2.75, 3.05) is 6.61 Å². The van der Waals surface area contributed by atoms with E-state index in [1.54, 1.807) is 0 Å². The molecular formula is C15H21NO4. The third-order valence-electron chi connectivity index (χ3n) is 2.78. The Hall–Kier alpha value is -2.04. The molecule has 0 saturated carbocycles. The first-order valence-electron chi connectivity index (χ1n) is 6.76. The summed E-state index contributed by atoms with van der Waals surface area (Å²) < 4.78 is 5.47. The number of benzene rings is 1. The number of hydrogen-bond donors (Lipinski definition) is 2. The van der Waals surface area contributed by atoms with Crippen LogP contribution in [-0.4, -0.2) is 29.6 Å². The molecule has 1 rings (SSSR count). The van der Waals surface area contributed by atoms with Crippen LogP contribution in [0.3, 0.4) is 0 Å². The lowest BCUT2D eigenvalue weighted by atomic mass is 10.1. The highest BCUT2D eigenvalue weighted by atomic mass is 16.5. The van der Waals surface area contributed by atoms with Gasteiger partial charge in [-0.2, -0.15) is 0 Å². The Morgan fingerprint density at radius 1 is 1.30 bits per heavy atom. The highest BCUT2D eigenvalue weighted by Crippen LogP contribution is 2.13. The van der Waals surface area contributed by atoms with E-state index in [1.165, 1.54) is 6.92 Å². The second-order valence-electron chi connectivity index (χ2n) is 4.62. The Morgan fingerprint density at radius 2 is 1.95 bits per heavy atom. The Morgan fingerprint density at radius 3 is 2.50 bits per heavy atom. The van der Waals surface area contributed by atoms with Gasteiger partial charge in [-0.05, 0) is 37.5 Å². The van der Waals surface area contributed by atoms with E-state index in [0.29, 0.717) is 13.0 Å². The summed E-state index contributed by atoms with van der Waals surface area (Å²) in [6.07, 6.45) is 1.81. The lowest BCUT2D eigenvalue weighted by Crippen LogP contribution is -2.38. The summed E-state index contributed by atoms with van der Waals surface area (Å²) in [5.41, 5.74) is 1.02. The van der Waals surface area contributed by atoms with Crippen molar-refractivity contribution in [3.8, 4) is 5.75 Å². The topological polar surface area (TPSA) is 75.6 Å². The third-order valence-corrected chi connectivity index (χ3v) is 2.78. The number of aryl methyl sites for hydroxylation is 1. The van der Waals surface area contributed by atoms with Gasteiger partial charge in [-0.1, -0.05) is 19.1 Å². The van der Waals surface area contributed by atoms with Gasteiger partial charge >= 0.3 is 5.97 Å². The number of carbonyl (C=O) groups excluding carboxylic acids is 1. The van der Waals surface area contributed by atoms with Gasteiger partial charge in [0.2, 0.25) is 5.91 Å². The Bertz CT molecular complexity index is 442. The van der Waals surface area contributed by atoms with Gasteiger partial charge in [-0.25, -0.2) is 0 Å². The van der Waals surface area contributed by atoms with Crippen molar-refractivity contribution in [2.24, 2.45) is 0 Å². The zero-order valence-electron chi connectivity index (χ0n) is 11.9. The highest BCUT2D eigenvalue weighted by molar-refractivity contribution is 5.83. The first kappa shape index (κ1) is 16.0. The fourth-order valence-electron chi connectivity index (χ4n) is 1.61. The average Bonchev–Trinajstić information content (AvgIpc) is 2.43. The molecule has 0 saturated heterocycles. The summed E-state index contributed by atoms with van der Waals surface area (Å²) in [4.78, 5) is 22.1. The predicted octanol–water partition coefficient (Wildman–Crippen LogP) is 2.00. The monoisotopic (exact) mass is 279 g/mol. The zero-order chi connectivity index (χ0) is 15.0. The van der Waals surface area contributed by atoms with E-state index in [-0.39, 0.29) is 12.3 Å². The smallest absolute Gasteiger partial charge is 0.325 e. The van der Waals surface area contributed by atoms with Crippen LogP contribution in [0.4, 0.5) is 0 Å². The van der Waals surface area contributed by atoms with Crippen molar-refractivity contribution in [3.05, 3.63) is 29.8 Å². The Labute approximate surface area is 118 Å². The summed E-state index contributed by atoms with van der Waals surface area (Å²) in [5, 5.41) is 11.1. The van der Waals surface area contributed by atoms with Crippen LogP contribution in [0, 0.1) is 0 Å². The molecular weight excluding hydrogens is 258 g/mol. The summed E-state index contributed by atoms with van der Waals surface area (Å²) in [6.45, 7) is 4.18. The van der Waals surface area contributed by atoms with Gasteiger partial charge in [0.25, 0.3) is 0 Å². The molecule has 0 radical (unpaired) electrons. The molecule has 0 heterocycles. The van der Waals surface area contributed by atoms with E-state index in [4.69, 9.17) is 9.84 Å². The van der Waals surface area contributed by atoms with Crippen LogP contribution in [0.2, 0.25) is 0 Å². The fraction of sp³-hybridized carbons (Fsp3) is 0.467. The van der Waals surface area contributed by atoms with Crippen LogP contribution in [-0.2, 0) is 16.0 Å². The lowest BCUT2D eigenvalue weighted by Gasteiger charge is -2.09. The molecule has 20 heavy (non-hydrogen) atoms. The van der Waals surface area contributed by atoms with E-state index in [9.17, 15) is 9.59 Å². The summed E-state index contributed by atoms with van der Waals surface area (Å²) >= 11 is 0. The molecule has 0 aliphatic carbocycles. The molecule has 0 bridgehead atoms. The summed E-state index contributed by atoms with van der Waals surface area (Å²) in [5.74, 6) is -0.471. The van der Waals surface area contributed by atoms with Gasteiger partial charge in [0, 0.05) is 6.42 Å². The minimum atomic E-state index is -1.03. The predicted molar refractivity (Wildman–Crippen MR) is 75.8 cm³/mol. The number of carbonyl (C=O) groups is 2. The minimum absolute atomic E-state index is 0.258. The van der Waals surface area contributed by atoms with Gasteiger partial charge in [-0.15, -0.1) is 0 Å². The molecule has 0 spiro atoms. The normalized spacial score (nSPS) is 11.7. The number of carboxylic acids is 1. The summed E-state index contributed by atoms with van der Waals surface area (Å²) in [7, 11) is 0. The number of ether oxygens (including phenoxy) is 1. The van der Waals surface area contributed by atoms with Crippen LogP contribution in [0.1, 0.15) is 32.3 Å². The van der Waals surface area contributed by atoms with Gasteiger partial charge in [0.1, 0.15) is 11.8 Å². The number of nitrogens with one attached hydrogen (secondary N) is 1. The van der Waals surface area contributed by atoms with Crippen molar-refractivity contribution in [2.45, 2.75) is 39.2 Å². The SMILES string of the molecule is CCCOc1ccc(CCC(=O)NC(C)C(=O)O)cc1. The van der Waals surface area contributed by atoms with E-state index in [2.05, 4.69) is 5.32 Å². The third kappa shape index (κ3) is 5.73. The maximum absolute atomic E-state index is 11.5. The van der Waals surface area contributed by atoms with Gasteiger partial charge in [0.15, 0.2) is 0 Å². The van der Waals surface area contributed by atoms with Crippen LogP contribution in [0.15, 0.2) is 24.3 Å². The van der Waals surface area contributed by atoms with Gasteiger partial charge < -0.3 is 15.2 Å². The number of rotatable bonds is 8. The molecule has 0 fully saturated rings. The quantitative estimate of drug-likeness (QED) is 0.763. The molecule has 2 N–H and O–H groups in total. The molecule has 1 unspecified atom stereocenters. The van der Waals surface area contributed by atoms with Crippen LogP contribution in [0.25, 0.3) is 0 Å². The standard InChI is InChI=1S/C15H21NO4/c1-3-10-20-13-7-4-12(5-8-13)6-9-14(17)16-11(2)15(18)19/h4-5,7-8,11H,3,6,9-10H2,1-2H3,(H,16,17)(H,18,19). The second-order valence-corrected chi connectivity index (χ2v) is 4.62. The molecule has 0 aliphatic rings. The number of amides is 1. The molecule has 1 amide bonds. The van der Waals surface area contributed by atoms with E-state index < -0.39 is 12.0 Å². The first-order valence-corrected chi connectivity index (χ1v) is 6.76. The van der Waals surface area contributed by atoms with Crippen LogP contribution in [0.5, 0.6) is 5.75 Å². The molecule has 0 aromatic heterocycles.